The molecule has 5 rings (SSSR count). The Balaban J connectivity index is 1.11. The van der Waals surface area contributed by atoms with Gasteiger partial charge in [-0.25, -0.2) is 4.79 Å². The molecule has 2 fully saturated rings. The monoisotopic (exact) mass is 375 g/mol. The number of benzene rings is 2. The highest BCUT2D eigenvalue weighted by atomic mass is 16.2. The molecular weight excluding hydrogens is 346 g/mol. The molecule has 2 aromatic rings. The Morgan fingerprint density at radius 1 is 1.07 bits per heavy atom. The van der Waals surface area contributed by atoms with Crippen LogP contribution in [0.4, 0.5) is 10.5 Å². The van der Waals surface area contributed by atoms with Crippen LogP contribution >= 0.6 is 0 Å². The van der Waals surface area contributed by atoms with Gasteiger partial charge >= 0.3 is 6.03 Å². The molecule has 1 heterocycles. The third-order valence-corrected chi connectivity index (χ3v) is 6.87. The molecule has 2 aromatic carbocycles. The molecule has 0 aromatic heterocycles. The number of anilines is 1. The van der Waals surface area contributed by atoms with Crippen LogP contribution in [-0.2, 0) is 0 Å². The number of fused-ring (bicyclic) bond motifs is 3. The highest BCUT2D eigenvalue weighted by Crippen LogP contribution is 2.49. The molecule has 2 N–H and O–H groups in total. The summed E-state index contributed by atoms with van der Waals surface area (Å²) < 4.78 is 0. The van der Waals surface area contributed by atoms with Gasteiger partial charge in [-0.3, -0.25) is 0 Å². The topological polar surface area (TPSA) is 44.4 Å². The summed E-state index contributed by atoms with van der Waals surface area (Å²) in [6, 6.07) is 14.4. The van der Waals surface area contributed by atoms with Gasteiger partial charge in [0.2, 0.25) is 0 Å². The summed E-state index contributed by atoms with van der Waals surface area (Å²) in [6.07, 6.45) is 11.1. The van der Waals surface area contributed by atoms with E-state index in [2.05, 4.69) is 39.8 Å². The lowest BCUT2D eigenvalue weighted by Gasteiger charge is -2.37. The normalized spacial score (nSPS) is 27.4. The Labute approximate surface area is 167 Å². The first-order valence-corrected chi connectivity index (χ1v) is 10.7. The standard InChI is InChI=1S/C24H29N3O/c28-23(26-22-6-5-19-3-1-2-4-20(19)15-22)25-21-9-13-27(14-10-21)17-24-11-7-18(16-24)8-12-24/h1-7,11,15,18,21H,8-10,12-14,16-17H2,(H2,25,26,28). The van der Waals surface area contributed by atoms with E-state index in [1.807, 2.05) is 30.3 Å². The summed E-state index contributed by atoms with van der Waals surface area (Å²) in [6.45, 7) is 3.37. The lowest BCUT2D eigenvalue weighted by atomic mass is 9.86. The minimum atomic E-state index is -0.0929. The van der Waals surface area contributed by atoms with Crippen molar-refractivity contribution in [3.05, 3.63) is 54.6 Å². The molecule has 2 atom stereocenters. The van der Waals surface area contributed by atoms with Crippen molar-refractivity contribution in [2.24, 2.45) is 11.3 Å². The zero-order valence-electron chi connectivity index (χ0n) is 16.4. The number of allylic oxidation sites excluding steroid dienone is 1. The van der Waals surface area contributed by atoms with Crippen molar-refractivity contribution in [1.82, 2.24) is 10.2 Å². The number of hydrogen-bond acceptors (Lipinski definition) is 2. The largest absolute Gasteiger partial charge is 0.335 e. The molecule has 0 radical (unpaired) electrons. The number of hydrogen-bond donors (Lipinski definition) is 2. The highest BCUT2D eigenvalue weighted by molar-refractivity contribution is 5.93. The highest BCUT2D eigenvalue weighted by Gasteiger charge is 2.41. The first-order valence-electron chi connectivity index (χ1n) is 10.7. The Bertz CT molecular complexity index is 900. The third-order valence-electron chi connectivity index (χ3n) is 6.87. The van der Waals surface area contributed by atoms with Crippen molar-refractivity contribution >= 4 is 22.5 Å². The number of urea groups is 1. The predicted octanol–water partition coefficient (Wildman–Crippen LogP) is 4.78. The van der Waals surface area contributed by atoms with Gasteiger partial charge in [0.1, 0.15) is 0 Å². The summed E-state index contributed by atoms with van der Waals surface area (Å²) >= 11 is 0. The molecule has 4 heteroatoms. The number of likely N-dealkylation sites (tertiary alicyclic amines) is 1. The molecular formula is C24H29N3O. The summed E-state index contributed by atoms with van der Waals surface area (Å²) in [5.41, 5.74) is 1.30. The van der Waals surface area contributed by atoms with Gasteiger partial charge in [0.05, 0.1) is 0 Å². The summed E-state index contributed by atoms with van der Waals surface area (Å²) in [7, 11) is 0. The second-order valence-electron chi connectivity index (χ2n) is 8.94. The van der Waals surface area contributed by atoms with E-state index < -0.39 is 0 Å². The van der Waals surface area contributed by atoms with Crippen molar-refractivity contribution < 1.29 is 4.79 Å². The van der Waals surface area contributed by atoms with Crippen molar-refractivity contribution in [1.29, 1.82) is 0 Å². The number of piperidine rings is 1. The average molecular weight is 376 g/mol. The fourth-order valence-corrected chi connectivity index (χ4v) is 5.35. The van der Waals surface area contributed by atoms with Gasteiger partial charge in [0, 0.05) is 36.8 Å². The zero-order chi connectivity index (χ0) is 19.0. The number of nitrogens with one attached hydrogen (secondary N) is 2. The van der Waals surface area contributed by atoms with Gasteiger partial charge in [-0.15, -0.1) is 0 Å². The van der Waals surface area contributed by atoms with Gasteiger partial charge in [-0.2, -0.15) is 0 Å². The van der Waals surface area contributed by atoms with Crippen LogP contribution in [0.5, 0.6) is 0 Å². The maximum Gasteiger partial charge on any atom is 0.319 e. The van der Waals surface area contributed by atoms with Crippen LogP contribution in [0.1, 0.15) is 32.1 Å². The van der Waals surface area contributed by atoms with E-state index in [1.165, 1.54) is 31.2 Å². The van der Waals surface area contributed by atoms with Gasteiger partial charge < -0.3 is 15.5 Å². The molecule has 2 unspecified atom stereocenters. The van der Waals surface area contributed by atoms with Gasteiger partial charge in [-0.1, -0.05) is 42.5 Å². The Kier molecular flexibility index (Phi) is 4.59. The van der Waals surface area contributed by atoms with E-state index in [1.54, 1.807) is 0 Å². The molecule has 1 saturated heterocycles. The molecule has 146 valence electrons. The van der Waals surface area contributed by atoms with Crippen molar-refractivity contribution in [2.75, 3.05) is 25.0 Å². The van der Waals surface area contributed by atoms with Gasteiger partial charge in [0.25, 0.3) is 0 Å². The second-order valence-corrected chi connectivity index (χ2v) is 8.94. The molecule has 2 amide bonds. The van der Waals surface area contributed by atoms with Crippen LogP contribution in [0.25, 0.3) is 10.8 Å². The lowest BCUT2D eigenvalue weighted by molar-refractivity contribution is 0.148. The molecule has 1 aliphatic heterocycles. The quantitative estimate of drug-likeness (QED) is 0.755. The van der Waals surface area contributed by atoms with E-state index in [0.29, 0.717) is 5.41 Å². The fourth-order valence-electron chi connectivity index (χ4n) is 5.35. The summed E-state index contributed by atoms with van der Waals surface area (Å²) in [4.78, 5) is 15.0. The van der Waals surface area contributed by atoms with E-state index in [-0.39, 0.29) is 12.1 Å². The minimum Gasteiger partial charge on any atom is -0.335 e. The third kappa shape index (κ3) is 3.66. The number of carbonyl (C=O) groups excluding carboxylic acids is 1. The van der Waals surface area contributed by atoms with Gasteiger partial charge in [0.15, 0.2) is 0 Å². The molecule has 3 aliphatic rings. The number of rotatable bonds is 4. The number of carbonyl (C=O) groups is 1. The molecule has 4 nitrogen and oxygen atoms in total. The second kappa shape index (κ2) is 7.25. The average Bonchev–Trinajstić information content (AvgIpc) is 3.30. The van der Waals surface area contributed by atoms with E-state index in [4.69, 9.17) is 0 Å². The Morgan fingerprint density at radius 3 is 2.61 bits per heavy atom. The number of amides is 2. The van der Waals surface area contributed by atoms with Crippen LogP contribution in [-0.4, -0.2) is 36.6 Å². The number of nitrogens with zero attached hydrogens (tertiary/aromatic N) is 1. The van der Waals surface area contributed by atoms with E-state index >= 15 is 0 Å². The van der Waals surface area contributed by atoms with Gasteiger partial charge in [-0.05, 0) is 60.9 Å². The van der Waals surface area contributed by atoms with Crippen molar-refractivity contribution in [3.63, 3.8) is 0 Å². The fraction of sp³-hybridized carbons (Fsp3) is 0.458. The molecule has 0 spiro atoms. The lowest BCUT2D eigenvalue weighted by Crippen LogP contribution is -2.47. The molecule has 1 saturated carbocycles. The minimum absolute atomic E-state index is 0.0929. The molecule has 2 bridgehead atoms. The first kappa shape index (κ1) is 17.7. The maximum absolute atomic E-state index is 12.4. The molecule has 2 aliphatic carbocycles. The smallest absolute Gasteiger partial charge is 0.319 e. The van der Waals surface area contributed by atoms with E-state index in [9.17, 15) is 4.79 Å². The Hall–Kier alpha value is -2.33. The van der Waals surface area contributed by atoms with Crippen LogP contribution < -0.4 is 10.6 Å². The first-order chi connectivity index (χ1) is 13.7. The van der Waals surface area contributed by atoms with Crippen LogP contribution in [0.15, 0.2) is 54.6 Å². The van der Waals surface area contributed by atoms with Crippen LogP contribution in [0.3, 0.4) is 0 Å². The van der Waals surface area contributed by atoms with Crippen LogP contribution in [0.2, 0.25) is 0 Å². The van der Waals surface area contributed by atoms with Crippen molar-refractivity contribution in [2.45, 2.75) is 38.1 Å². The predicted molar refractivity (Wildman–Crippen MR) is 114 cm³/mol. The Morgan fingerprint density at radius 2 is 1.89 bits per heavy atom. The summed E-state index contributed by atoms with van der Waals surface area (Å²) in [5.74, 6) is 0.845. The van der Waals surface area contributed by atoms with Crippen molar-refractivity contribution in [3.8, 4) is 0 Å². The van der Waals surface area contributed by atoms with E-state index in [0.717, 1.165) is 42.9 Å². The summed E-state index contributed by atoms with van der Waals surface area (Å²) in [5, 5.41) is 8.50. The zero-order valence-corrected chi connectivity index (χ0v) is 16.4. The molecule has 28 heavy (non-hydrogen) atoms. The van der Waals surface area contributed by atoms with Crippen LogP contribution in [0, 0.1) is 11.3 Å². The maximum atomic E-state index is 12.4. The SMILES string of the molecule is O=C(Nc1ccc2ccccc2c1)NC1CCN(CC23C=CC(CC2)C3)CC1.